The van der Waals surface area contributed by atoms with Gasteiger partial charge in [-0.15, -0.1) is 0 Å². The zero-order valence-corrected chi connectivity index (χ0v) is 19.2. The first-order valence-corrected chi connectivity index (χ1v) is 10.6. The molecule has 1 aliphatic rings. The number of hydrogen-bond acceptors (Lipinski definition) is 4. The molecule has 1 amide bonds. The predicted octanol–water partition coefficient (Wildman–Crippen LogP) is 4.53. The van der Waals surface area contributed by atoms with Crippen molar-refractivity contribution in [3.8, 4) is 0 Å². The van der Waals surface area contributed by atoms with Crippen molar-refractivity contribution in [1.29, 1.82) is 0 Å². The third-order valence-corrected chi connectivity index (χ3v) is 5.45. The zero-order valence-electron chi connectivity index (χ0n) is 18.4. The molecule has 2 aromatic carbocycles. The Balaban J connectivity index is 2.10. The van der Waals surface area contributed by atoms with Gasteiger partial charge in [0.1, 0.15) is 0 Å². The molecule has 1 aliphatic heterocycles. The highest BCUT2D eigenvalue weighted by molar-refractivity contribution is 7.80. The number of benzene rings is 2. The lowest BCUT2D eigenvalue weighted by Crippen LogP contribution is -2.48. The molecule has 0 saturated heterocycles. The fraction of sp³-hybridized carbons (Fsp3) is 0.292. The molecule has 0 fully saturated rings. The summed E-state index contributed by atoms with van der Waals surface area (Å²) in [7, 11) is 0. The van der Waals surface area contributed by atoms with Gasteiger partial charge < -0.3 is 15.4 Å². The fourth-order valence-electron chi connectivity index (χ4n) is 3.68. The normalized spacial score (nSPS) is 16.1. The first-order valence-electron chi connectivity index (χ1n) is 10.2. The summed E-state index contributed by atoms with van der Waals surface area (Å²) in [5, 5.41) is 6.58. The minimum absolute atomic E-state index is 0.142. The van der Waals surface area contributed by atoms with E-state index in [1.165, 1.54) is 6.92 Å². The van der Waals surface area contributed by atoms with E-state index in [2.05, 4.69) is 16.7 Å². The molecule has 1 unspecified atom stereocenters. The van der Waals surface area contributed by atoms with E-state index >= 15 is 0 Å². The third-order valence-electron chi connectivity index (χ3n) is 5.15. The number of allylic oxidation sites excluding steroid dienone is 1. The van der Waals surface area contributed by atoms with Gasteiger partial charge in [0, 0.05) is 18.3 Å². The molecule has 6 nitrogen and oxygen atoms in total. The van der Waals surface area contributed by atoms with Gasteiger partial charge >= 0.3 is 5.97 Å². The predicted molar refractivity (Wildman–Crippen MR) is 127 cm³/mol. The zero-order chi connectivity index (χ0) is 22.7. The Morgan fingerprint density at radius 1 is 1.13 bits per heavy atom. The monoisotopic (exact) mass is 437 g/mol. The summed E-state index contributed by atoms with van der Waals surface area (Å²) in [4.78, 5) is 26.2. The van der Waals surface area contributed by atoms with E-state index in [0.29, 0.717) is 16.4 Å². The molecule has 1 heterocycles. The Hall–Kier alpha value is -3.19. The SMILES string of the molecule is CCOC(=O)C1=C(C)N(c2cc(C)ccc2C)C(=S)NC1c1ccc(NC(C)=O)cc1. The number of nitrogens with zero attached hydrogens (tertiary/aromatic N) is 1. The van der Waals surface area contributed by atoms with Crippen LogP contribution in [0.1, 0.15) is 43.5 Å². The van der Waals surface area contributed by atoms with E-state index in [-0.39, 0.29) is 18.5 Å². The minimum atomic E-state index is -0.459. The standard InChI is InChI=1S/C24H27N3O3S/c1-6-30-23(29)21-16(4)27(20-13-14(2)7-8-15(20)3)24(31)26-22(21)18-9-11-19(12-10-18)25-17(5)28/h7-13,22H,6H2,1-5H3,(H,25,28)(H,26,31). The molecule has 7 heteroatoms. The van der Waals surface area contributed by atoms with Crippen molar-refractivity contribution in [3.05, 3.63) is 70.4 Å². The summed E-state index contributed by atoms with van der Waals surface area (Å²) < 4.78 is 5.39. The topological polar surface area (TPSA) is 70.7 Å². The molecule has 0 bridgehead atoms. The number of carbonyl (C=O) groups is 2. The lowest BCUT2D eigenvalue weighted by atomic mass is 9.94. The maximum Gasteiger partial charge on any atom is 0.338 e. The fourth-order valence-corrected chi connectivity index (χ4v) is 4.03. The smallest absolute Gasteiger partial charge is 0.338 e. The van der Waals surface area contributed by atoms with Crippen LogP contribution >= 0.6 is 12.2 Å². The second-order valence-corrected chi connectivity index (χ2v) is 7.92. The number of rotatable bonds is 5. The number of carbonyl (C=O) groups excluding carboxylic acids is 2. The van der Waals surface area contributed by atoms with Gasteiger partial charge in [-0.05, 0) is 74.8 Å². The van der Waals surface area contributed by atoms with E-state index in [9.17, 15) is 9.59 Å². The van der Waals surface area contributed by atoms with Crippen molar-refractivity contribution in [1.82, 2.24) is 5.32 Å². The first kappa shape index (κ1) is 22.5. The maximum atomic E-state index is 13.0. The van der Waals surface area contributed by atoms with Crippen molar-refractivity contribution in [2.75, 3.05) is 16.8 Å². The highest BCUT2D eigenvalue weighted by Gasteiger charge is 2.35. The highest BCUT2D eigenvalue weighted by atomic mass is 32.1. The molecule has 2 N–H and O–H groups in total. The number of esters is 1. The van der Waals surface area contributed by atoms with Crippen LogP contribution in [0.5, 0.6) is 0 Å². The molecule has 1 atom stereocenters. The molecule has 0 spiro atoms. The Bertz CT molecular complexity index is 1060. The van der Waals surface area contributed by atoms with Gasteiger partial charge in [0.05, 0.1) is 23.9 Å². The van der Waals surface area contributed by atoms with Crippen molar-refractivity contribution in [3.63, 3.8) is 0 Å². The van der Waals surface area contributed by atoms with Gasteiger partial charge in [0.15, 0.2) is 5.11 Å². The van der Waals surface area contributed by atoms with Crippen LogP contribution in [0.25, 0.3) is 0 Å². The summed E-state index contributed by atoms with van der Waals surface area (Å²) in [5.41, 5.74) is 5.84. The second-order valence-electron chi connectivity index (χ2n) is 7.53. The summed E-state index contributed by atoms with van der Waals surface area (Å²) in [6.45, 7) is 9.45. The molecule has 0 radical (unpaired) electrons. The van der Waals surface area contributed by atoms with Gasteiger partial charge in [-0.1, -0.05) is 24.3 Å². The summed E-state index contributed by atoms with van der Waals surface area (Å²) in [6.07, 6.45) is 0. The number of ether oxygens (including phenoxy) is 1. The van der Waals surface area contributed by atoms with Crippen molar-refractivity contribution >= 4 is 40.6 Å². The molecule has 0 aromatic heterocycles. The molecule has 2 aromatic rings. The molecular formula is C24H27N3O3S. The number of aryl methyl sites for hydroxylation is 2. The van der Waals surface area contributed by atoms with Gasteiger partial charge in [0.2, 0.25) is 5.91 Å². The van der Waals surface area contributed by atoms with Crippen molar-refractivity contribution in [2.45, 2.75) is 40.7 Å². The number of thiocarbonyl (C=S) groups is 1. The van der Waals surface area contributed by atoms with Gasteiger partial charge in [0.25, 0.3) is 0 Å². The average Bonchev–Trinajstić information content (AvgIpc) is 2.70. The Labute approximate surface area is 188 Å². The van der Waals surface area contributed by atoms with Crippen molar-refractivity contribution in [2.24, 2.45) is 0 Å². The number of nitrogens with one attached hydrogen (secondary N) is 2. The second kappa shape index (κ2) is 9.31. The van der Waals surface area contributed by atoms with Crippen LogP contribution in [0.4, 0.5) is 11.4 Å². The van der Waals surface area contributed by atoms with Gasteiger partial charge in [-0.3, -0.25) is 9.69 Å². The summed E-state index contributed by atoms with van der Waals surface area (Å²) in [5.74, 6) is -0.530. The number of amides is 1. The van der Waals surface area contributed by atoms with Crippen molar-refractivity contribution < 1.29 is 14.3 Å². The molecule has 162 valence electrons. The van der Waals surface area contributed by atoms with E-state index in [4.69, 9.17) is 17.0 Å². The average molecular weight is 438 g/mol. The largest absolute Gasteiger partial charge is 0.463 e. The minimum Gasteiger partial charge on any atom is -0.463 e. The van der Waals surface area contributed by atoms with E-state index < -0.39 is 6.04 Å². The van der Waals surface area contributed by atoms with E-state index in [1.54, 1.807) is 19.1 Å². The van der Waals surface area contributed by atoms with Crippen LogP contribution in [0, 0.1) is 13.8 Å². The van der Waals surface area contributed by atoms with Crippen LogP contribution in [-0.2, 0) is 14.3 Å². The number of anilines is 2. The van der Waals surface area contributed by atoms with Crippen LogP contribution < -0.4 is 15.5 Å². The molecule has 3 rings (SSSR count). The quantitative estimate of drug-likeness (QED) is 0.529. The third kappa shape index (κ3) is 4.77. The molecular weight excluding hydrogens is 410 g/mol. The maximum absolute atomic E-state index is 13.0. The van der Waals surface area contributed by atoms with E-state index in [1.807, 2.05) is 49.9 Å². The summed E-state index contributed by atoms with van der Waals surface area (Å²) >= 11 is 5.72. The lowest BCUT2D eigenvalue weighted by Gasteiger charge is -2.38. The first-order chi connectivity index (χ1) is 14.7. The van der Waals surface area contributed by atoms with Crippen LogP contribution in [0.15, 0.2) is 53.7 Å². The number of hydrogen-bond donors (Lipinski definition) is 2. The highest BCUT2D eigenvalue weighted by Crippen LogP contribution is 2.36. The Morgan fingerprint density at radius 2 is 1.81 bits per heavy atom. The van der Waals surface area contributed by atoms with Gasteiger partial charge in [-0.2, -0.15) is 0 Å². The Morgan fingerprint density at radius 3 is 2.42 bits per heavy atom. The Kier molecular flexibility index (Phi) is 6.75. The summed E-state index contributed by atoms with van der Waals surface area (Å²) in [6, 6.07) is 13.0. The van der Waals surface area contributed by atoms with Gasteiger partial charge in [-0.25, -0.2) is 4.79 Å². The van der Waals surface area contributed by atoms with Crippen LogP contribution in [0.2, 0.25) is 0 Å². The molecule has 0 saturated carbocycles. The molecule has 0 aliphatic carbocycles. The van der Waals surface area contributed by atoms with E-state index in [0.717, 1.165) is 28.1 Å². The molecule has 31 heavy (non-hydrogen) atoms. The van der Waals surface area contributed by atoms with Crippen LogP contribution in [-0.4, -0.2) is 23.6 Å². The van der Waals surface area contributed by atoms with Crippen LogP contribution in [0.3, 0.4) is 0 Å². The lowest BCUT2D eigenvalue weighted by molar-refractivity contribution is -0.139.